The summed E-state index contributed by atoms with van der Waals surface area (Å²) in [4.78, 5) is 6.67. The van der Waals surface area contributed by atoms with Crippen molar-refractivity contribution in [1.29, 1.82) is 0 Å². The number of hydrogen-bond acceptors (Lipinski definition) is 7. The minimum Gasteiger partial charge on any atom is -0.355 e. The Morgan fingerprint density at radius 3 is 2.35 bits per heavy atom. The van der Waals surface area contributed by atoms with Gasteiger partial charge in [-0.25, -0.2) is 0 Å². The van der Waals surface area contributed by atoms with Gasteiger partial charge < -0.3 is 4.90 Å². The normalized spacial score (nSPS) is 14.2. The van der Waals surface area contributed by atoms with E-state index in [1.165, 1.54) is 24.2 Å². The van der Waals surface area contributed by atoms with Crippen LogP contribution >= 0.6 is 11.3 Å². The molecule has 3 aromatic heterocycles. The van der Waals surface area contributed by atoms with Gasteiger partial charge in [-0.05, 0) is 25.0 Å². The van der Waals surface area contributed by atoms with Gasteiger partial charge in [0.2, 0.25) is 0 Å². The van der Waals surface area contributed by atoms with Crippen LogP contribution in [-0.2, 0) is 0 Å². The fraction of sp³-hybridized carbons (Fsp3) is 0.211. The molecule has 4 aromatic rings. The third-order valence-corrected chi connectivity index (χ3v) is 5.54. The van der Waals surface area contributed by atoms with Gasteiger partial charge in [0.15, 0.2) is 15.8 Å². The first-order valence-corrected chi connectivity index (χ1v) is 9.47. The van der Waals surface area contributed by atoms with Gasteiger partial charge in [-0.3, -0.25) is 4.98 Å². The average Bonchev–Trinajstić information content (AvgIpc) is 3.40. The maximum Gasteiger partial charge on any atom is 0.169 e. The van der Waals surface area contributed by atoms with E-state index in [1.807, 2.05) is 30.3 Å². The predicted molar refractivity (Wildman–Crippen MR) is 103 cm³/mol. The Morgan fingerprint density at radius 1 is 0.769 bits per heavy atom. The van der Waals surface area contributed by atoms with Crippen LogP contribution in [0.5, 0.6) is 0 Å². The van der Waals surface area contributed by atoms with Crippen LogP contribution in [0, 0.1) is 0 Å². The monoisotopic (exact) mass is 360 g/mol. The van der Waals surface area contributed by atoms with Crippen molar-refractivity contribution in [3.05, 3.63) is 48.7 Å². The summed E-state index contributed by atoms with van der Waals surface area (Å²) < 4.78 is 0. The molecule has 0 unspecified atom stereocenters. The standard InChI is InChI=1S/C19H16N6S/c1-2-8-14-13(7-1)16(21-22-17(14)25-11-5-6-12-25)19-24-23-18(26-19)15-9-3-4-10-20-15/h1-4,7-10H,5-6,11-12H2. The number of benzene rings is 1. The number of rotatable bonds is 3. The van der Waals surface area contributed by atoms with E-state index in [9.17, 15) is 0 Å². The van der Waals surface area contributed by atoms with Crippen LogP contribution in [-0.4, -0.2) is 38.5 Å². The van der Waals surface area contributed by atoms with E-state index in [4.69, 9.17) is 0 Å². The quantitative estimate of drug-likeness (QED) is 0.553. The highest BCUT2D eigenvalue weighted by atomic mass is 32.1. The van der Waals surface area contributed by atoms with E-state index in [0.717, 1.165) is 51.1 Å². The van der Waals surface area contributed by atoms with Crippen molar-refractivity contribution >= 4 is 27.9 Å². The molecule has 7 heteroatoms. The second-order valence-corrected chi connectivity index (χ2v) is 7.22. The molecule has 0 N–H and O–H groups in total. The topological polar surface area (TPSA) is 67.7 Å². The van der Waals surface area contributed by atoms with Crippen molar-refractivity contribution < 1.29 is 0 Å². The Bertz CT molecular complexity index is 1060. The summed E-state index contributed by atoms with van der Waals surface area (Å²) in [6, 6.07) is 14.0. The molecule has 0 aliphatic carbocycles. The molecule has 1 aliphatic heterocycles. The fourth-order valence-electron chi connectivity index (χ4n) is 3.32. The number of aromatic nitrogens is 5. The van der Waals surface area contributed by atoms with E-state index < -0.39 is 0 Å². The molecule has 0 spiro atoms. The Morgan fingerprint density at radius 2 is 1.54 bits per heavy atom. The number of nitrogens with zero attached hydrogens (tertiary/aromatic N) is 6. The van der Waals surface area contributed by atoms with E-state index >= 15 is 0 Å². The van der Waals surface area contributed by atoms with Gasteiger partial charge in [0, 0.05) is 30.1 Å². The second kappa shape index (κ2) is 6.42. The largest absolute Gasteiger partial charge is 0.355 e. The Labute approximate surface area is 154 Å². The van der Waals surface area contributed by atoms with Gasteiger partial charge in [-0.2, -0.15) is 0 Å². The Hall–Kier alpha value is -2.93. The van der Waals surface area contributed by atoms with Crippen molar-refractivity contribution in [2.24, 2.45) is 0 Å². The Balaban J connectivity index is 1.62. The summed E-state index contributed by atoms with van der Waals surface area (Å²) in [5.74, 6) is 0.969. The summed E-state index contributed by atoms with van der Waals surface area (Å²) in [6.45, 7) is 2.08. The third kappa shape index (κ3) is 2.61. The molecule has 0 amide bonds. The van der Waals surface area contributed by atoms with Gasteiger partial charge in [0.1, 0.15) is 11.4 Å². The zero-order chi connectivity index (χ0) is 17.3. The molecule has 0 atom stereocenters. The first kappa shape index (κ1) is 15.3. The molecule has 1 saturated heterocycles. The zero-order valence-corrected chi connectivity index (χ0v) is 14.9. The molecule has 1 aliphatic rings. The first-order chi connectivity index (χ1) is 12.9. The lowest BCUT2D eigenvalue weighted by molar-refractivity contribution is 0.906. The number of anilines is 1. The van der Waals surface area contributed by atoms with E-state index in [2.05, 4.69) is 42.4 Å². The molecule has 1 fully saturated rings. The van der Waals surface area contributed by atoms with E-state index in [0.29, 0.717) is 0 Å². The van der Waals surface area contributed by atoms with Crippen molar-refractivity contribution in [3.63, 3.8) is 0 Å². The lowest BCUT2D eigenvalue weighted by Gasteiger charge is -2.18. The molecule has 0 radical (unpaired) electrons. The van der Waals surface area contributed by atoms with Crippen LogP contribution in [0.1, 0.15) is 12.8 Å². The molecule has 0 bridgehead atoms. The molecule has 26 heavy (non-hydrogen) atoms. The van der Waals surface area contributed by atoms with Crippen LogP contribution in [0.3, 0.4) is 0 Å². The molecular weight excluding hydrogens is 344 g/mol. The van der Waals surface area contributed by atoms with E-state index in [-0.39, 0.29) is 0 Å². The van der Waals surface area contributed by atoms with Gasteiger partial charge in [0.25, 0.3) is 0 Å². The smallest absolute Gasteiger partial charge is 0.169 e. The van der Waals surface area contributed by atoms with Crippen LogP contribution in [0.25, 0.3) is 32.2 Å². The maximum atomic E-state index is 4.55. The lowest BCUT2D eigenvalue weighted by atomic mass is 10.1. The molecular formula is C19H16N6S. The average molecular weight is 360 g/mol. The number of fused-ring (bicyclic) bond motifs is 1. The highest BCUT2D eigenvalue weighted by Gasteiger charge is 2.20. The third-order valence-electron chi connectivity index (χ3n) is 4.58. The van der Waals surface area contributed by atoms with E-state index in [1.54, 1.807) is 6.20 Å². The summed E-state index contributed by atoms with van der Waals surface area (Å²) >= 11 is 1.49. The molecule has 0 saturated carbocycles. The summed E-state index contributed by atoms with van der Waals surface area (Å²) in [7, 11) is 0. The van der Waals surface area contributed by atoms with Crippen molar-refractivity contribution in [3.8, 4) is 21.4 Å². The summed E-state index contributed by atoms with van der Waals surface area (Å²) in [5, 5.41) is 21.5. The van der Waals surface area contributed by atoms with Crippen molar-refractivity contribution in [2.45, 2.75) is 12.8 Å². The van der Waals surface area contributed by atoms with Crippen LogP contribution in [0.4, 0.5) is 5.82 Å². The van der Waals surface area contributed by atoms with Gasteiger partial charge in [-0.1, -0.05) is 41.7 Å². The highest BCUT2D eigenvalue weighted by Crippen LogP contribution is 2.35. The van der Waals surface area contributed by atoms with Crippen LogP contribution in [0.15, 0.2) is 48.7 Å². The maximum absolute atomic E-state index is 4.55. The molecule has 5 rings (SSSR count). The highest BCUT2D eigenvalue weighted by molar-refractivity contribution is 7.17. The van der Waals surface area contributed by atoms with Crippen LogP contribution < -0.4 is 4.90 Å². The Kier molecular flexibility index (Phi) is 3.79. The van der Waals surface area contributed by atoms with Crippen molar-refractivity contribution in [1.82, 2.24) is 25.4 Å². The van der Waals surface area contributed by atoms with Crippen LogP contribution in [0.2, 0.25) is 0 Å². The van der Waals surface area contributed by atoms with Gasteiger partial charge in [0.05, 0.1) is 0 Å². The van der Waals surface area contributed by atoms with Gasteiger partial charge in [-0.15, -0.1) is 20.4 Å². The second-order valence-electron chi connectivity index (χ2n) is 6.24. The zero-order valence-electron chi connectivity index (χ0n) is 14.0. The predicted octanol–water partition coefficient (Wildman–Crippen LogP) is 3.81. The minimum atomic E-state index is 0.766. The summed E-state index contributed by atoms with van der Waals surface area (Å²) in [6.07, 6.45) is 4.18. The van der Waals surface area contributed by atoms with Gasteiger partial charge >= 0.3 is 0 Å². The SMILES string of the molecule is c1ccc(-c2nnc(-c3nnc(N4CCCC4)c4ccccc34)s2)nc1. The lowest BCUT2D eigenvalue weighted by Crippen LogP contribution is -2.20. The molecule has 1 aromatic carbocycles. The number of pyridine rings is 1. The first-order valence-electron chi connectivity index (χ1n) is 8.66. The number of hydrogen-bond donors (Lipinski definition) is 0. The molecule has 4 heterocycles. The molecule has 6 nitrogen and oxygen atoms in total. The summed E-state index contributed by atoms with van der Waals surface area (Å²) in [5.41, 5.74) is 1.60. The van der Waals surface area contributed by atoms with Crippen molar-refractivity contribution in [2.75, 3.05) is 18.0 Å². The fourth-order valence-corrected chi connectivity index (χ4v) is 4.14. The molecule has 128 valence electrons. The minimum absolute atomic E-state index is 0.766.